The third kappa shape index (κ3) is 4.50. The SMILES string of the molecule is O=C(O)C(Cc1c(-c2ccc3ccccc3c2)cccc1-c1ccc2ccccc2c1)c1ccccc1. The fraction of sp³-hybridized carbons (Fsp3) is 0.0571. The van der Waals surface area contributed by atoms with E-state index in [2.05, 4.69) is 78.9 Å². The van der Waals surface area contributed by atoms with Crippen LogP contribution in [0.4, 0.5) is 0 Å². The number of carboxylic acids is 1. The molecule has 37 heavy (non-hydrogen) atoms. The maximum absolute atomic E-state index is 12.5. The van der Waals surface area contributed by atoms with Crippen LogP contribution < -0.4 is 0 Å². The van der Waals surface area contributed by atoms with Crippen LogP contribution in [0.15, 0.2) is 133 Å². The van der Waals surface area contributed by atoms with Gasteiger partial charge >= 0.3 is 5.97 Å². The monoisotopic (exact) mass is 478 g/mol. The number of aliphatic carboxylic acids is 1. The molecule has 2 heteroatoms. The van der Waals surface area contributed by atoms with Crippen LogP contribution in [0.1, 0.15) is 17.0 Å². The maximum atomic E-state index is 12.5. The zero-order chi connectivity index (χ0) is 25.2. The van der Waals surface area contributed by atoms with Gasteiger partial charge in [0.25, 0.3) is 0 Å². The van der Waals surface area contributed by atoms with E-state index in [4.69, 9.17) is 0 Å². The Bertz CT molecular complexity index is 1640. The van der Waals surface area contributed by atoms with Gasteiger partial charge in [-0.1, -0.05) is 121 Å². The lowest BCUT2D eigenvalue weighted by molar-refractivity contribution is -0.138. The minimum absolute atomic E-state index is 0.393. The van der Waals surface area contributed by atoms with Gasteiger partial charge in [0, 0.05) is 0 Å². The predicted molar refractivity (Wildman–Crippen MR) is 153 cm³/mol. The Labute approximate surface area is 216 Å². The van der Waals surface area contributed by atoms with Gasteiger partial charge in [0.2, 0.25) is 0 Å². The van der Waals surface area contributed by atoms with Crippen LogP contribution in [-0.4, -0.2) is 11.1 Å². The molecule has 0 aliphatic rings. The number of fused-ring (bicyclic) bond motifs is 2. The second kappa shape index (κ2) is 9.75. The molecule has 0 heterocycles. The molecule has 178 valence electrons. The van der Waals surface area contributed by atoms with Gasteiger partial charge in [-0.3, -0.25) is 4.79 Å². The summed E-state index contributed by atoms with van der Waals surface area (Å²) < 4.78 is 0. The minimum atomic E-state index is -0.816. The Morgan fingerprint density at radius 3 is 1.54 bits per heavy atom. The average Bonchev–Trinajstić information content (AvgIpc) is 2.95. The Hall–Kier alpha value is -4.69. The van der Waals surface area contributed by atoms with Gasteiger partial charge in [0.15, 0.2) is 0 Å². The van der Waals surface area contributed by atoms with Gasteiger partial charge in [0.05, 0.1) is 5.92 Å². The fourth-order valence-corrected chi connectivity index (χ4v) is 5.30. The number of benzene rings is 6. The normalized spacial score (nSPS) is 12.0. The van der Waals surface area contributed by atoms with Crippen molar-refractivity contribution in [3.05, 3.63) is 145 Å². The zero-order valence-corrected chi connectivity index (χ0v) is 20.3. The molecule has 6 aromatic rings. The lowest BCUT2D eigenvalue weighted by atomic mass is 9.83. The average molecular weight is 479 g/mol. The standard InChI is InChI=1S/C35H26O2/c36-35(37)33(26-11-2-1-3-12-26)23-34-31(29-19-17-24-9-4-6-13-27(24)21-29)15-8-16-32(34)30-20-18-25-10-5-7-14-28(25)22-30/h1-22,33H,23H2,(H,36,37). The highest BCUT2D eigenvalue weighted by molar-refractivity contribution is 5.92. The van der Waals surface area contributed by atoms with Crippen molar-refractivity contribution in [2.75, 3.05) is 0 Å². The van der Waals surface area contributed by atoms with Crippen molar-refractivity contribution in [1.82, 2.24) is 0 Å². The van der Waals surface area contributed by atoms with E-state index in [0.29, 0.717) is 6.42 Å². The molecule has 0 fully saturated rings. The number of carboxylic acid groups (broad SMARTS) is 1. The van der Waals surface area contributed by atoms with E-state index in [1.165, 1.54) is 21.5 Å². The summed E-state index contributed by atoms with van der Waals surface area (Å²) in [6.07, 6.45) is 0.393. The van der Waals surface area contributed by atoms with E-state index in [1.807, 2.05) is 54.6 Å². The van der Waals surface area contributed by atoms with Crippen LogP contribution in [0.5, 0.6) is 0 Å². The third-order valence-corrected chi connectivity index (χ3v) is 7.21. The first-order valence-corrected chi connectivity index (χ1v) is 12.6. The second-order valence-electron chi connectivity index (χ2n) is 9.46. The number of carbonyl (C=O) groups is 1. The summed E-state index contributed by atoms with van der Waals surface area (Å²) in [6, 6.07) is 45.5. The molecule has 1 unspecified atom stereocenters. The molecular weight excluding hydrogens is 452 g/mol. The fourth-order valence-electron chi connectivity index (χ4n) is 5.30. The highest BCUT2D eigenvalue weighted by Crippen LogP contribution is 2.38. The van der Waals surface area contributed by atoms with Crippen molar-refractivity contribution in [2.45, 2.75) is 12.3 Å². The van der Waals surface area contributed by atoms with Crippen LogP contribution in [0.3, 0.4) is 0 Å². The Morgan fingerprint density at radius 2 is 1.03 bits per heavy atom. The van der Waals surface area contributed by atoms with Crippen LogP contribution >= 0.6 is 0 Å². The molecule has 0 spiro atoms. The first kappa shape index (κ1) is 22.8. The van der Waals surface area contributed by atoms with E-state index >= 15 is 0 Å². The number of hydrogen-bond donors (Lipinski definition) is 1. The van der Waals surface area contributed by atoms with E-state index in [-0.39, 0.29) is 0 Å². The lowest BCUT2D eigenvalue weighted by Gasteiger charge is -2.20. The van der Waals surface area contributed by atoms with E-state index in [9.17, 15) is 9.90 Å². The Kier molecular flexibility index (Phi) is 6.00. The van der Waals surface area contributed by atoms with Crippen molar-refractivity contribution < 1.29 is 9.90 Å². The molecule has 0 bridgehead atoms. The predicted octanol–water partition coefficient (Wildman–Crippen LogP) is 8.74. The maximum Gasteiger partial charge on any atom is 0.311 e. The molecule has 0 aliphatic carbocycles. The topological polar surface area (TPSA) is 37.3 Å². The van der Waals surface area contributed by atoms with Crippen molar-refractivity contribution in [2.24, 2.45) is 0 Å². The number of rotatable bonds is 6. The van der Waals surface area contributed by atoms with Crippen LogP contribution in [-0.2, 0) is 11.2 Å². The molecule has 0 aliphatic heterocycles. The van der Waals surface area contributed by atoms with Gasteiger partial charge < -0.3 is 5.11 Å². The molecule has 0 saturated carbocycles. The summed E-state index contributed by atoms with van der Waals surface area (Å²) in [5, 5.41) is 15.0. The molecule has 0 radical (unpaired) electrons. The quantitative estimate of drug-likeness (QED) is 0.260. The zero-order valence-electron chi connectivity index (χ0n) is 20.3. The summed E-state index contributed by atoms with van der Waals surface area (Å²) in [7, 11) is 0. The second-order valence-corrected chi connectivity index (χ2v) is 9.46. The molecule has 6 aromatic carbocycles. The summed E-state index contributed by atoms with van der Waals surface area (Å²) in [4.78, 5) is 12.5. The van der Waals surface area contributed by atoms with Crippen LogP contribution in [0, 0.1) is 0 Å². The van der Waals surface area contributed by atoms with Crippen LogP contribution in [0.25, 0.3) is 43.8 Å². The first-order chi connectivity index (χ1) is 18.2. The largest absolute Gasteiger partial charge is 0.481 e. The molecule has 0 saturated heterocycles. The molecule has 1 atom stereocenters. The molecular formula is C35H26O2. The molecule has 0 amide bonds. The lowest BCUT2D eigenvalue weighted by Crippen LogP contribution is -2.15. The van der Waals surface area contributed by atoms with Gasteiger partial charge in [-0.15, -0.1) is 0 Å². The molecule has 1 N–H and O–H groups in total. The van der Waals surface area contributed by atoms with E-state index in [0.717, 1.165) is 33.4 Å². The minimum Gasteiger partial charge on any atom is -0.481 e. The van der Waals surface area contributed by atoms with Gasteiger partial charge in [-0.25, -0.2) is 0 Å². The highest BCUT2D eigenvalue weighted by Gasteiger charge is 2.24. The number of hydrogen-bond acceptors (Lipinski definition) is 1. The van der Waals surface area contributed by atoms with Crippen molar-refractivity contribution in [1.29, 1.82) is 0 Å². The third-order valence-electron chi connectivity index (χ3n) is 7.21. The van der Waals surface area contributed by atoms with E-state index < -0.39 is 11.9 Å². The Balaban J connectivity index is 1.56. The highest BCUT2D eigenvalue weighted by atomic mass is 16.4. The Morgan fingerprint density at radius 1 is 0.541 bits per heavy atom. The molecule has 6 rings (SSSR count). The van der Waals surface area contributed by atoms with Gasteiger partial charge in [-0.2, -0.15) is 0 Å². The van der Waals surface area contributed by atoms with Crippen molar-refractivity contribution in [3.8, 4) is 22.3 Å². The van der Waals surface area contributed by atoms with Gasteiger partial charge in [-0.05, 0) is 73.5 Å². The van der Waals surface area contributed by atoms with Crippen LogP contribution in [0.2, 0.25) is 0 Å². The first-order valence-electron chi connectivity index (χ1n) is 12.6. The van der Waals surface area contributed by atoms with Crippen molar-refractivity contribution in [3.63, 3.8) is 0 Å². The van der Waals surface area contributed by atoms with Crippen molar-refractivity contribution >= 4 is 27.5 Å². The van der Waals surface area contributed by atoms with Gasteiger partial charge in [0.1, 0.15) is 0 Å². The molecule has 2 nitrogen and oxygen atoms in total. The summed E-state index contributed by atoms with van der Waals surface area (Å²) in [5.41, 5.74) is 6.18. The summed E-state index contributed by atoms with van der Waals surface area (Å²) >= 11 is 0. The van der Waals surface area contributed by atoms with E-state index in [1.54, 1.807) is 0 Å². The smallest absolute Gasteiger partial charge is 0.311 e. The summed E-state index contributed by atoms with van der Waals surface area (Å²) in [6.45, 7) is 0. The summed E-state index contributed by atoms with van der Waals surface area (Å²) in [5.74, 6) is -1.47. The molecule has 0 aromatic heterocycles.